The molecule has 37 heavy (non-hydrogen) atoms. The van der Waals surface area contributed by atoms with Crippen LogP contribution in [0.25, 0.3) is 17.0 Å². The molecule has 2 heterocycles. The van der Waals surface area contributed by atoms with Gasteiger partial charge in [-0.05, 0) is 79.8 Å². The Bertz CT molecular complexity index is 1550. The molecule has 0 atom stereocenters. The highest BCUT2D eigenvalue weighted by molar-refractivity contribution is 9.10. The molecule has 188 valence electrons. The standard InChI is InChI=1S/C28H22BrClFN3O2S/c1-3-36-20-10-8-19(9-11-20)34-27(35)26(32(2)28(34)37)13-17-15-33(25-12-7-18(29)14-21(17)25)16-22-23(30)5-4-6-24(22)31/h4-15H,3,16H2,1-2H3/b26-13-. The number of nitrogens with zero attached hydrogens (tertiary/aromatic N) is 3. The summed E-state index contributed by atoms with van der Waals surface area (Å²) < 4.78 is 22.9. The fourth-order valence-corrected chi connectivity index (χ4v) is 5.26. The molecule has 5 rings (SSSR count). The third-order valence-corrected chi connectivity index (χ3v) is 7.53. The first-order valence-electron chi connectivity index (χ1n) is 11.6. The van der Waals surface area contributed by atoms with E-state index >= 15 is 0 Å². The van der Waals surface area contributed by atoms with Crippen molar-refractivity contribution < 1.29 is 13.9 Å². The molecule has 1 aromatic heterocycles. The van der Waals surface area contributed by atoms with Crippen LogP contribution in [0, 0.1) is 5.82 Å². The van der Waals surface area contributed by atoms with E-state index in [2.05, 4.69) is 15.9 Å². The first-order chi connectivity index (χ1) is 17.8. The van der Waals surface area contributed by atoms with E-state index in [1.807, 2.05) is 66.2 Å². The van der Waals surface area contributed by atoms with Gasteiger partial charge in [0.1, 0.15) is 17.3 Å². The van der Waals surface area contributed by atoms with Crippen LogP contribution in [-0.4, -0.2) is 34.1 Å². The van der Waals surface area contributed by atoms with Crippen molar-refractivity contribution in [2.45, 2.75) is 13.5 Å². The van der Waals surface area contributed by atoms with Crippen molar-refractivity contribution in [2.24, 2.45) is 0 Å². The van der Waals surface area contributed by atoms with Gasteiger partial charge in [0.25, 0.3) is 5.91 Å². The maximum Gasteiger partial charge on any atom is 0.281 e. The molecule has 1 fully saturated rings. The van der Waals surface area contributed by atoms with Gasteiger partial charge in [0.15, 0.2) is 5.11 Å². The van der Waals surface area contributed by atoms with Gasteiger partial charge in [-0.2, -0.15) is 0 Å². The van der Waals surface area contributed by atoms with Gasteiger partial charge < -0.3 is 14.2 Å². The van der Waals surface area contributed by atoms with Gasteiger partial charge in [0.2, 0.25) is 0 Å². The summed E-state index contributed by atoms with van der Waals surface area (Å²) in [6.45, 7) is 2.72. The predicted molar refractivity (Wildman–Crippen MR) is 154 cm³/mol. The molecule has 0 radical (unpaired) electrons. The minimum absolute atomic E-state index is 0.232. The fourth-order valence-electron chi connectivity index (χ4n) is 4.39. The number of carbonyl (C=O) groups excluding carboxylic acids is 1. The molecule has 0 aliphatic carbocycles. The van der Waals surface area contributed by atoms with Crippen LogP contribution in [0.1, 0.15) is 18.1 Å². The number of benzene rings is 3. The summed E-state index contributed by atoms with van der Waals surface area (Å²) in [7, 11) is 1.77. The average Bonchev–Trinajstić information content (AvgIpc) is 3.31. The Kier molecular flexibility index (Phi) is 7.07. The molecule has 1 aliphatic heterocycles. The quantitative estimate of drug-likeness (QED) is 0.173. The molecule has 0 spiro atoms. The Hall–Kier alpha value is -3.20. The number of aromatic nitrogens is 1. The average molecular weight is 599 g/mol. The van der Waals surface area contributed by atoms with Crippen LogP contribution in [0.5, 0.6) is 5.75 Å². The molecule has 0 N–H and O–H groups in total. The van der Waals surface area contributed by atoms with Gasteiger partial charge in [-0.1, -0.05) is 33.6 Å². The Morgan fingerprint density at radius 2 is 1.89 bits per heavy atom. The van der Waals surface area contributed by atoms with Gasteiger partial charge in [-0.3, -0.25) is 9.69 Å². The number of halogens is 3. The fraction of sp³-hybridized carbons (Fsp3) is 0.143. The summed E-state index contributed by atoms with van der Waals surface area (Å²) in [5, 5.41) is 1.64. The number of likely N-dealkylation sites (N-methyl/N-ethyl adjacent to an activating group) is 1. The SMILES string of the molecule is CCOc1ccc(N2C(=O)/C(=C/c3cn(Cc4c(F)cccc4Cl)c4ccc(Br)cc34)N(C)C2=S)cc1. The summed E-state index contributed by atoms with van der Waals surface area (Å²) in [6, 6.07) is 17.8. The molecule has 5 nitrogen and oxygen atoms in total. The highest BCUT2D eigenvalue weighted by atomic mass is 79.9. The zero-order valence-electron chi connectivity index (χ0n) is 20.0. The highest BCUT2D eigenvalue weighted by Gasteiger charge is 2.37. The second-order valence-corrected chi connectivity index (χ2v) is 10.2. The van der Waals surface area contributed by atoms with Crippen molar-refractivity contribution in [3.8, 4) is 5.75 Å². The molecular formula is C28H22BrClFN3O2S. The zero-order valence-corrected chi connectivity index (χ0v) is 23.2. The molecular weight excluding hydrogens is 577 g/mol. The van der Waals surface area contributed by atoms with Crippen molar-refractivity contribution in [1.29, 1.82) is 0 Å². The molecule has 1 amide bonds. The first kappa shape index (κ1) is 25.4. The third kappa shape index (κ3) is 4.77. The lowest BCUT2D eigenvalue weighted by Gasteiger charge is -2.16. The highest BCUT2D eigenvalue weighted by Crippen LogP contribution is 2.33. The van der Waals surface area contributed by atoms with Gasteiger partial charge in [0, 0.05) is 44.8 Å². The van der Waals surface area contributed by atoms with E-state index in [4.69, 9.17) is 28.6 Å². The summed E-state index contributed by atoms with van der Waals surface area (Å²) in [5.74, 6) is 0.124. The molecule has 0 bridgehead atoms. The molecule has 4 aromatic rings. The van der Waals surface area contributed by atoms with Crippen LogP contribution >= 0.6 is 39.7 Å². The Labute approximate surface area is 232 Å². The van der Waals surface area contributed by atoms with E-state index in [0.29, 0.717) is 33.7 Å². The van der Waals surface area contributed by atoms with Crippen molar-refractivity contribution in [2.75, 3.05) is 18.6 Å². The summed E-state index contributed by atoms with van der Waals surface area (Å²) in [4.78, 5) is 16.7. The van der Waals surface area contributed by atoms with E-state index in [-0.39, 0.29) is 18.3 Å². The van der Waals surface area contributed by atoms with Crippen molar-refractivity contribution >= 4 is 73.4 Å². The van der Waals surface area contributed by atoms with Crippen LogP contribution in [0.3, 0.4) is 0 Å². The second kappa shape index (κ2) is 10.3. The maximum atomic E-state index is 14.6. The number of amides is 1. The minimum Gasteiger partial charge on any atom is -0.494 e. The molecule has 1 aliphatic rings. The lowest BCUT2D eigenvalue weighted by atomic mass is 10.1. The van der Waals surface area contributed by atoms with Gasteiger partial charge in [0.05, 0.1) is 18.8 Å². The van der Waals surface area contributed by atoms with E-state index in [0.717, 1.165) is 26.7 Å². The molecule has 0 saturated carbocycles. The number of hydrogen-bond donors (Lipinski definition) is 0. The van der Waals surface area contributed by atoms with E-state index < -0.39 is 0 Å². The molecule has 3 aromatic carbocycles. The first-order valence-corrected chi connectivity index (χ1v) is 13.1. The summed E-state index contributed by atoms with van der Waals surface area (Å²) >= 11 is 15.5. The topological polar surface area (TPSA) is 37.7 Å². The smallest absolute Gasteiger partial charge is 0.281 e. The minimum atomic E-state index is -0.367. The van der Waals surface area contributed by atoms with Crippen molar-refractivity contribution in [1.82, 2.24) is 9.47 Å². The largest absolute Gasteiger partial charge is 0.494 e. The van der Waals surface area contributed by atoms with Crippen LogP contribution < -0.4 is 9.64 Å². The molecule has 9 heteroatoms. The second-order valence-electron chi connectivity index (χ2n) is 8.51. The maximum absolute atomic E-state index is 14.6. The number of ether oxygens (including phenoxy) is 1. The zero-order chi connectivity index (χ0) is 26.3. The molecule has 1 saturated heterocycles. The monoisotopic (exact) mass is 597 g/mol. The third-order valence-electron chi connectivity index (χ3n) is 6.22. The Morgan fingerprint density at radius 3 is 2.59 bits per heavy atom. The van der Waals surface area contributed by atoms with Gasteiger partial charge in [-0.15, -0.1) is 0 Å². The number of hydrogen-bond acceptors (Lipinski definition) is 3. The van der Waals surface area contributed by atoms with Crippen molar-refractivity contribution in [3.05, 3.63) is 99.0 Å². The summed E-state index contributed by atoms with van der Waals surface area (Å²) in [5.41, 5.74) is 3.18. The number of rotatable bonds is 6. The number of fused-ring (bicyclic) bond motifs is 1. The lowest BCUT2D eigenvalue weighted by Crippen LogP contribution is -2.31. The normalized spacial score (nSPS) is 14.9. The number of carbonyl (C=O) groups is 1. The van der Waals surface area contributed by atoms with Crippen LogP contribution in [-0.2, 0) is 11.3 Å². The van der Waals surface area contributed by atoms with Gasteiger partial charge >= 0.3 is 0 Å². The van der Waals surface area contributed by atoms with Crippen LogP contribution in [0.15, 0.2) is 77.0 Å². The van der Waals surface area contributed by atoms with E-state index in [1.165, 1.54) is 11.0 Å². The van der Waals surface area contributed by atoms with Gasteiger partial charge in [-0.25, -0.2) is 4.39 Å². The van der Waals surface area contributed by atoms with Crippen LogP contribution in [0.2, 0.25) is 5.02 Å². The molecule has 0 unspecified atom stereocenters. The Morgan fingerprint density at radius 1 is 1.14 bits per heavy atom. The predicted octanol–water partition coefficient (Wildman–Crippen LogP) is 7.25. The number of thiocarbonyl (C=S) groups is 1. The Balaban J connectivity index is 1.55. The number of anilines is 1. The lowest BCUT2D eigenvalue weighted by molar-refractivity contribution is -0.114. The van der Waals surface area contributed by atoms with Crippen molar-refractivity contribution in [3.63, 3.8) is 0 Å². The van der Waals surface area contributed by atoms with E-state index in [1.54, 1.807) is 24.1 Å². The van der Waals surface area contributed by atoms with E-state index in [9.17, 15) is 9.18 Å². The summed E-state index contributed by atoms with van der Waals surface area (Å²) in [6.07, 6.45) is 3.72. The van der Waals surface area contributed by atoms with Crippen LogP contribution in [0.4, 0.5) is 10.1 Å².